The summed E-state index contributed by atoms with van der Waals surface area (Å²) in [7, 11) is 1.61. The van der Waals surface area contributed by atoms with Crippen LogP contribution in [0.2, 0.25) is 0 Å². The molecule has 2 amide bonds. The molecule has 2 fully saturated rings. The number of amides is 2. The monoisotopic (exact) mass is 429 g/mol. The number of anilines is 1. The molecule has 2 aromatic carbocycles. The number of likely N-dealkylation sites (tertiary alicyclic amines) is 1. The second-order valence-corrected chi connectivity index (χ2v) is 8.43. The van der Waals surface area contributed by atoms with E-state index in [1.807, 2.05) is 0 Å². The van der Waals surface area contributed by atoms with E-state index >= 15 is 0 Å². The first-order valence-corrected chi connectivity index (χ1v) is 10.9. The fraction of sp³-hybridized carbons (Fsp3) is 0.364. The lowest BCUT2D eigenvalue weighted by Crippen LogP contribution is -2.36. The minimum Gasteiger partial charge on any atom is -0.362 e. The number of hydrogen-bond donors (Lipinski definition) is 1. The Hall–Kier alpha value is -2.42. The summed E-state index contributed by atoms with van der Waals surface area (Å²) >= 11 is 1.49. The van der Waals surface area contributed by atoms with Crippen molar-refractivity contribution >= 4 is 29.3 Å². The molecule has 0 aliphatic carbocycles. The summed E-state index contributed by atoms with van der Waals surface area (Å²) in [6.45, 7) is 0.847. The molecule has 2 aromatic rings. The highest BCUT2D eigenvalue weighted by Crippen LogP contribution is 2.43. The lowest BCUT2D eigenvalue weighted by molar-refractivity contribution is -0.115. The van der Waals surface area contributed by atoms with Crippen LogP contribution >= 0.6 is 11.8 Å². The quantitative estimate of drug-likeness (QED) is 0.790. The van der Waals surface area contributed by atoms with Gasteiger partial charge < -0.3 is 15.4 Å². The van der Waals surface area contributed by atoms with Gasteiger partial charge in [0.05, 0.1) is 5.75 Å². The number of hydrogen-bond acceptors (Lipinski definition) is 5. The minimum atomic E-state index is -0.318. The number of halogens is 1. The number of carbonyl (C=O) groups is 2. The summed E-state index contributed by atoms with van der Waals surface area (Å²) in [6.07, 6.45) is 1.52. The van der Waals surface area contributed by atoms with Gasteiger partial charge >= 0.3 is 0 Å². The summed E-state index contributed by atoms with van der Waals surface area (Å²) in [5.74, 6) is -0.128. The van der Waals surface area contributed by atoms with Crippen LogP contribution in [0, 0.1) is 5.82 Å². The van der Waals surface area contributed by atoms with Crippen molar-refractivity contribution in [1.82, 2.24) is 4.90 Å². The molecule has 0 spiro atoms. The van der Waals surface area contributed by atoms with E-state index in [0.717, 1.165) is 24.0 Å². The van der Waals surface area contributed by atoms with Crippen LogP contribution in [-0.2, 0) is 16.1 Å². The van der Waals surface area contributed by atoms with Gasteiger partial charge in [-0.2, -0.15) is 0 Å². The van der Waals surface area contributed by atoms with Crippen LogP contribution in [-0.4, -0.2) is 42.3 Å². The predicted octanol–water partition coefficient (Wildman–Crippen LogP) is 3.27. The number of nitrogens with two attached hydrogens (primary N) is 1. The Bertz CT molecular complexity index is 953. The number of thioether (sulfide) groups is 1. The molecule has 2 saturated heterocycles. The third kappa shape index (κ3) is 3.82. The first-order chi connectivity index (χ1) is 14.5. The van der Waals surface area contributed by atoms with Crippen molar-refractivity contribution in [2.45, 2.75) is 31.0 Å². The normalized spacial score (nSPS) is 21.5. The summed E-state index contributed by atoms with van der Waals surface area (Å²) in [5.41, 5.74) is 8.77. The van der Waals surface area contributed by atoms with E-state index in [-0.39, 0.29) is 35.8 Å². The second kappa shape index (κ2) is 8.75. The van der Waals surface area contributed by atoms with Crippen LogP contribution in [0.25, 0.3) is 0 Å². The van der Waals surface area contributed by atoms with Crippen LogP contribution in [0.5, 0.6) is 0 Å². The Balaban J connectivity index is 1.65. The molecule has 4 rings (SSSR count). The second-order valence-electron chi connectivity index (χ2n) is 7.36. The number of methoxy groups -OCH3 is 1. The van der Waals surface area contributed by atoms with E-state index in [1.54, 1.807) is 47.2 Å². The van der Waals surface area contributed by atoms with Gasteiger partial charge in [0.15, 0.2) is 0 Å². The third-order valence-corrected chi connectivity index (χ3v) is 6.77. The van der Waals surface area contributed by atoms with E-state index in [9.17, 15) is 14.0 Å². The van der Waals surface area contributed by atoms with E-state index in [2.05, 4.69) is 0 Å². The molecular weight excluding hydrogens is 405 g/mol. The summed E-state index contributed by atoms with van der Waals surface area (Å²) in [6, 6.07) is 11.5. The first kappa shape index (κ1) is 20.8. The van der Waals surface area contributed by atoms with Gasteiger partial charge in [-0.1, -0.05) is 12.1 Å². The lowest BCUT2D eigenvalue weighted by atomic mass is 10.1. The van der Waals surface area contributed by atoms with Gasteiger partial charge in [0, 0.05) is 31.5 Å². The molecule has 2 aliphatic rings. The molecule has 6 nitrogen and oxygen atoms in total. The molecule has 8 heteroatoms. The smallest absolute Gasteiger partial charge is 0.255 e. The Kier molecular flexibility index (Phi) is 6.08. The molecular formula is C22H24FN3O3S. The van der Waals surface area contributed by atoms with Gasteiger partial charge in [0.2, 0.25) is 5.91 Å². The molecule has 0 radical (unpaired) electrons. The zero-order valence-electron chi connectivity index (χ0n) is 16.7. The summed E-state index contributed by atoms with van der Waals surface area (Å²) in [4.78, 5) is 29.1. The van der Waals surface area contributed by atoms with Crippen LogP contribution in [0.4, 0.5) is 10.1 Å². The number of rotatable bonds is 5. The third-order valence-electron chi connectivity index (χ3n) is 5.56. The van der Waals surface area contributed by atoms with Crippen molar-refractivity contribution in [1.29, 1.82) is 0 Å². The van der Waals surface area contributed by atoms with Crippen molar-refractivity contribution in [2.75, 3.05) is 24.3 Å². The van der Waals surface area contributed by atoms with Crippen LogP contribution < -0.4 is 10.6 Å². The molecule has 1 unspecified atom stereocenters. The highest BCUT2D eigenvalue weighted by Gasteiger charge is 2.36. The highest BCUT2D eigenvalue weighted by molar-refractivity contribution is 8.00. The van der Waals surface area contributed by atoms with E-state index in [0.29, 0.717) is 23.5 Å². The van der Waals surface area contributed by atoms with Crippen LogP contribution in [0.3, 0.4) is 0 Å². The van der Waals surface area contributed by atoms with E-state index < -0.39 is 0 Å². The number of benzene rings is 2. The van der Waals surface area contributed by atoms with Crippen molar-refractivity contribution in [3.63, 3.8) is 0 Å². The van der Waals surface area contributed by atoms with Crippen LogP contribution in [0.15, 0.2) is 42.5 Å². The zero-order valence-corrected chi connectivity index (χ0v) is 17.5. The molecule has 158 valence electrons. The number of ether oxygens (including phenoxy) is 1. The number of nitrogens with zero attached hydrogens (tertiary/aromatic N) is 2. The Morgan fingerprint density at radius 1 is 1.27 bits per heavy atom. The molecule has 0 saturated carbocycles. The fourth-order valence-corrected chi connectivity index (χ4v) is 5.22. The van der Waals surface area contributed by atoms with Gasteiger partial charge in [0.1, 0.15) is 17.4 Å². The van der Waals surface area contributed by atoms with Gasteiger partial charge in [-0.25, -0.2) is 4.39 Å². The predicted molar refractivity (Wildman–Crippen MR) is 114 cm³/mol. The summed E-state index contributed by atoms with van der Waals surface area (Å²) < 4.78 is 18.8. The van der Waals surface area contributed by atoms with Gasteiger partial charge in [-0.15, -0.1) is 11.8 Å². The van der Waals surface area contributed by atoms with Gasteiger partial charge in [0.25, 0.3) is 5.91 Å². The SMILES string of the molecule is CO[C@H]1CCCN1C(=O)c1ccc(N2C(=O)CSC2c2ccc(F)cc2)c(CN)c1. The van der Waals surface area contributed by atoms with Gasteiger partial charge in [-0.3, -0.25) is 14.5 Å². The average molecular weight is 430 g/mol. The number of carbonyl (C=O) groups excluding carboxylic acids is 2. The van der Waals surface area contributed by atoms with E-state index in [4.69, 9.17) is 10.5 Å². The standard InChI is InChI=1S/C22H24FN3O3S/c1-29-20-3-2-10-25(20)21(28)15-6-9-18(16(11-15)12-24)26-19(27)13-30-22(26)14-4-7-17(23)8-5-14/h4-9,11,20,22H,2-3,10,12-13,24H2,1H3/t20-,22?/m0/s1. The molecule has 30 heavy (non-hydrogen) atoms. The van der Waals surface area contributed by atoms with Crippen molar-refractivity contribution < 1.29 is 18.7 Å². The van der Waals surface area contributed by atoms with Crippen molar-refractivity contribution in [3.8, 4) is 0 Å². The van der Waals surface area contributed by atoms with Crippen LogP contribution in [0.1, 0.15) is 39.7 Å². The molecule has 0 bridgehead atoms. The molecule has 0 aromatic heterocycles. The van der Waals surface area contributed by atoms with Crippen molar-refractivity contribution in [2.24, 2.45) is 5.73 Å². The maximum atomic E-state index is 13.3. The Morgan fingerprint density at radius 2 is 2.03 bits per heavy atom. The topological polar surface area (TPSA) is 75.9 Å². The molecule has 2 aliphatic heterocycles. The summed E-state index contributed by atoms with van der Waals surface area (Å²) in [5, 5.41) is -0.263. The fourth-order valence-electron chi connectivity index (χ4n) is 4.05. The largest absolute Gasteiger partial charge is 0.362 e. The maximum Gasteiger partial charge on any atom is 0.255 e. The van der Waals surface area contributed by atoms with E-state index in [1.165, 1.54) is 23.9 Å². The van der Waals surface area contributed by atoms with Crippen molar-refractivity contribution in [3.05, 3.63) is 65.0 Å². The Labute approximate surface area is 179 Å². The minimum absolute atomic E-state index is 0.0397. The highest BCUT2D eigenvalue weighted by atomic mass is 32.2. The first-order valence-electron chi connectivity index (χ1n) is 9.89. The Morgan fingerprint density at radius 3 is 2.73 bits per heavy atom. The zero-order chi connectivity index (χ0) is 21.3. The lowest BCUT2D eigenvalue weighted by Gasteiger charge is -2.27. The molecule has 2 N–H and O–H groups in total. The van der Waals surface area contributed by atoms with Gasteiger partial charge in [-0.05, 0) is 54.3 Å². The molecule has 2 heterocycles. The maximum absolute atomic E-state index is 13.3. The average Bonchev–Trinajstić information content (AvgIpc) is 3.40. The molecule has 2 atom stereocenters.